The maximum Gasteiger partial charge on any atom is 0.263 e. The molecule has 9 nitrogen and oxygen atoms in total. The molecule has 33 heavy (non-hydrogen) atoms. The number of halogens is 1. The highest BCUT2D eigenvalue weighted by molar-refractivity contribution is 7.89. The predicted molar refractivity (Wildman–Crippen MR) is 128 cm³/mol. The van der Waals surface area contributed by atoms with Gasteiger partial charge in [0.2, 0.25) is 17.0 Å². The number of anilines is 1. The van der Waals surface area contributed by atoms with Gasteiger partial charge in [0.25, 0.3) is 5.91 Å². The zero-order valence-electron chi connectivity index (χ0n) is 17.5. The van der Waals surface area contributed by atoms with Gasteiger partial charge in [0, 0.05) is 52.1 Å². The van der Waals surface area contributed by atoms with Crippen molar-refractivity contribution in [3.8, 4) is 11.8 Å². The smallest absolute Gasteiger partial charge is 0.263 e. The molecule has 1 aliphatic rings. The van der Waals surface area contributed by atoms with Crippen molar-refractivity contribution in [1.29, 1.82) is 0 Å². The molecule has 2 N–H and O–H groups in total. The summed E-state index contributed by atoms with van der Waals surface area (Å²) in [6, 6.07) is 7.32. The van der Waals surface area contributed by atoms with Crippen molar-refractivity contribution in [1.82, 2.24) is 20.3 Å². The molecular weight excluding hydrogens is 486 g/mol. The summed E-state index contributed by atoms with van der Waals surface area (Å²) in [5.74, 6) is -0.123. The third kappa shape index (κ3) is 4.31. The molecule has 0 unspecified atom stereocenters. The van der Waals surface area contributed by atoms with E-state index < -0.39 is 9.84 Å². The zero-order chi connectivity index (χ0) is 23.3. The normalized spacial score (nSPS) is 16.2. The number of sulfone groups is 1. The fourth-order valence-corrected chi connectivity index (χ4v) is 5.69. The Hall–Kier alpha value is -3.02. The molecule has 0 fully saturated rings. The van der Waals surface area contributed by atoms with E-state index in [9.17, 15) is 13.2 Å². The number of pyridine rings is 1. The van der Waals surface area contributed by atoms with Crippen LogP contribution in [0.15, 0.2) is 30.5 Å². The second-order valence-corrected chi connectivity index (χ2v) is 11.4. The zero-order valence-corrected chi connectivity index (χ0v) is 19.9. The lowest BCUT2D eigenvalue weighted by Crippen LogP contribution is -2.34. The minimum atomic E-state index is -3.34. The van der Waals surface area contributed by atoms with E-state index in [0.29, 0.717) is 16.9 Å². The number of hydrogen-bond donors (Lipinski definition) is 2. The number of nitrogens with one attached hydrogen (secondary N) is 2. The average Bonchev–Trinajstić information content (AvgIpc) is 3.06. The Labute approximate surface area is 198 Å². The fraction of sp³-hybridized carbons (Fsp3) is 0.238. The first kappa shape index (κ1) is 21.8. The van der Waals surface area contributed by atoms with Crippen LogP contribution in [-0.2, 0) is 15.6 Å². The first-order valence-corrected chi connectivity index (χ1v) is 13.2. The molecule has 0 aliphatic carbocycles. The van der Waals surface area contributed by atoms with Crippen LogP contribution in [0.25, 0.3) is 21.0 Å². The Balaban J connectivity index is 1.57. The van der Waals surface area contributed by atoms with Crippen molar-refractivity contribution >= 4 is 65.4 Å². The second-order valence-electron chi connectivity index (χ2n) is 7.86. The van der Waals surface area contributed by atoms with Crippen LogP contribution >= 0.6 is 22.9 Å². The summed E-state index contributed by atoms with van der Waals surface area (Å²) in [6.45, 7) is 2.57. The van der Waals surface area contributed by atoms with Gasteiger partial charge in [-0.05, 0) is 36.7 Å². The van der Waals surface area contributed by atoms with Crippen molar-refractivity contribution in [3.05, 3.63) is 46.2 Å². The number of ether oxygens (including phenoxy) is 1. The fourth-order valence-electron chi connectivity index (χ4n) is 3.70. The Morgan fingerprint density at radius 1 is 1.24 bits per heavy atom. The van der Waals surface area contributed by atoms with E-state index in [1.807, 2.05) is 25.1 Å². The van der Waals surface area contributed by atoms with Gasteiger partial charge < -0.3 is 15.4 Å². The first-order chi connectivity index (χ1) is 15.7. The molecule has 170 valence electrons. The number of amides is 1. The van der Waals surface area contributed by atoms with Gasteiger partial charge in [-0.25, -0.2) is 18.4 Å². The van der Waals surface area contributed by atoms with E-state index in [4.69, 9.17) is 16.3 Å². The van der Waals surface area contributed by atoms with Crippen LogP contribution in [0, 0.1) is 0 Å². The third-order valence-electron chi connectivity index (χ3n) is 5.08. The Morgan fingerprint density at radius 3 is 2.85 bits per heavy atom. The summed E-state index contributed by atoms with van der Waals surface area (Å²) in [5.41, 5.74) is 1.74. The second kappa shape index (κ2) is 8.08. The molecule has 4 heterocycles. The van der Waals surface area contributed by atoms with Gasteiger partial charge in [0.15, 0.2) is 9.84 Å². The van der Waals surface area contributed by atoms with Crippen LogP contribution in [0.5, 0.6) is 11.8 Å². The van der Waals surface area contributed by atoms with Gasteiger partial charge in [-0.15, -0.1) is 11.3 Å². The average molecular weight is 504 g/mol. The van der Waals surface area contributed by atoms with E-state index in [1.165, 1.54) is 17.5 Å². The molecule has 0 bridgehead atoms. The summed E-state index contributed by atoms with van der Waals surface area (Å²) in [6.07, 6.45) is 2.44. The number of thiophene rings is 1. The van der Waals surface area contributed by atoms with Crippen molar-refractivity contribution in [2.45, 2.75) is 18.7 Å². The van der Waals surface area contributed by atoms with Crippen LogP contribution < -0.4 is 15.4 Å². The molecule has 3 aromatic heterocycles. The summed E-state index contributed by atoms with van der Waals surface area (Å²) >= 11 is 7.33. The quantitative estimate of drug-likeness (QED) is 0.403. The summed E-state index contributed by atoms with van der Waals surface area (Å²) in [4.78, 5) is 25.7. The first-order valence-electron chi connectivity index (χ1n) is 9.96. The van der Waals surface area contributed by atoms with Crippen LogP contribution in [0.1, 0.15) is 22.2 Å². The molecule has 1 aromatic carbocycles. The van der Waals surface area contributed by atoms with Crippen LogP contribution in [0.4, 0.5) is 5.69 Å². The third-order valence-corrected chi connectivity index (χ3v) is 7.25. The maximum absolute atomic E-state index is 12.6. The summed E-state index contributed by atoms with van der Waals surface area (Å²) in [5, 5.41) is 8.10. The van der Waals surface area contributed by atoms with Gasteiger partial charge in [0.1, 0.15) is 4.88 Å². The number of carbonyl (C=O) groups excluding carboxylic acids is 1. The topological polar surface area (TPSA) is 123 Å². The van der Waals surface area contributed by atoms with Crippen LogP contribution in [0.2, 0.25) is 5.28 Å². The minimum absolute atomic E-state index is 0.0149. The van der Waals surface area contributed by atoms with E-state index >= 15 is 0 Å². The minimum Gasteiger partial charge on any atom is -0.420 e. The van der Waals surface area contributed by atoms with Gasteiger partial charge >= 0.3 is 0 Å². The molecule has 12 heteroatoms. The summed E-state index contributed by atoms with van der Waals surface area (Å²) < 4.78 is 30.3. The van der Waals surface area contributed by atoms with E-state index in [2.05, 4.69) is 25.6 Å². The number of benzene rings is 1. The predicted octanol–water partition coefficient (Wildman–Crippen LogP) is 3.77. The van der Waals surface area contributed by atoms with Crippen molar-refractivity contribution in [2.24, 2.45) is 0 Å². The highest BCUT2D eigenvalue weighted by atomic mass is 35.5. The number of rotatable bonds is 4. The monoisotopic (exact) mass is 503 g/mol. The van der Waals surface area contributed by atoms with Gasteiger partial charge in [-0.3, -0.25) is 4.79 Å². The molecule has 1 atom stereocenters. The molecule has 0 saturated carbocycles. The number of aromatic nitrogens is 3. The summed E-state index contributed by atoms with van der Waals surface area (Å²) in [7, 11) is -3.34. The van der Waals surface area contributed by atoms with E-state index in [0.717, 1.165) is 27.4 Å². The molecule has 0 spiro atoms. The highest BCUT2D eigenvalue weighted by Crippen LogP contribution is 2.41. The molecule has 1 aliphatic heterocycles. The van der Waals surface area contributed by atoms with Crippen molar-refractivity contribution < 1.29 is 17.9 Å². The molecular formula is C21H18ClN5O4S2. The van der Waals surface area contributed by atoms with Gasteiger partial charge in [0.05, 0.1) is 17.0 Å². The molecule has 5 rings (SSSR count). The lowest BCUT2D eigenvalue weighted by atomic mass is 10.1. The van der Waals surface area contributed by atoms with Crippen molar-refractivity contribution in [3.63, 3.8) is 0 Å². The van der Waals surface area contributed by atoms with E-state index in [-0.39, 0.29) is 40.3 Å². The SMILES string of the molecule is C[C@H]1CNc2c(sc3ccc4nc(Oc5nc(Cl)ncc5CS(C)(=O)=O)ccc4c23)C(=O)N1. The molecule has 0 radical (unpaired) electrons. The van der Waals surface area contributed by atoms with Crippen LogP contribution in [-0.4, -0.2) is 48.1 Å². The molecule has 0 saturated heterocycles. The standard InChI is InChI=1S/C21H18ClN5O4S2/c1-10-7-23-17-16-12-3-6-15(26-13(12)4-5-14(16)32-18(17)19(28)25-10)31-20-11(9-33(2,29)30)8-24-21(22)27-20/h3-6,8,10,23H,7,9H2,1-2H3,(H,25,28)/t10-/m0/s1. The Morgan fingerprint density at radius 2 is 2.06 bits per heavy atom. The number of nitrogens with zero attached hydrogens (tertiary/aromatic N) is 3. The Kier molecular flexibility index (Phi) is 5.34. The number of hydrogen-bond acceptors (Lipinski definition) is 9. The lowest BCUT2D eigenvalue weighted by Gasteiger charge is -2.11. The largest absolute Gasteiger partial charge is 0.420 e. The maximum atomic E-state index is 12.6. The van der Waals surface area contributed by atoms with Crippen LogP contribution in [0.3, 0.4) is 0 Å². The van der Waals surface area contributed by atoms with Gasteiger partial charge in [-0.2, -0.15) is 4.98 Å². The molecule has 1 amide bonds. The van der Waals surface area contributed by atoms with E-state index in [1.54, 1.807) is 6.07 Å². The lowest BCUT2D eigenvalue weighted by molar-refractivity contribution is 0.0949. The molecule has 4 aromatic rings. The number of carbonyl (C=O) groups is 1. The highest BCUT2D eigenvalue weighted by Gasteiger charge is 2.25. The van der Waals surface area contributed by atoms with Gasteiger partial charge in [-0.1, -0.05) is 0 Å². The number of fused-ring (bicyclic) bond motifs is 5. The Bertz CT molecular complexity index is 1540. The van der Waals surface area contributed by atoms with Crippen molar-refractivity contribution in [2.75, 3.05) is 18.1 Å².